The van der Waals surface area contributed by atoms with E-state index in [2.05, 4.69) is 0 Å². The van der Waals surface area contributed by atoms with Crippen LogP contribution in [0, 0.1) is 0 Å². The predicted molar refractivity (Wildman–Crippen MR) is 47.1 cm³/mol. The molecule has 0 aliphatic heterocycles. The first-order valence-electron chi connectivity index (χ1n) is 4.50. The number of aliphatic hydroxyl groups excluding tert-OH is 1. The second kappa shape index (κ2) is 4.21. The van der Waals surface area contributed by atoms with Gasteiger partial charge in [0.15, 0.2) is 0 Å². The van der Waals surface area contributed by atoms with Crippen LogP contribution in [0.3, 0.4) is 0 Å². The van der Waals surface area contributed by atoms with Crippen LogP contribution in [0.25, 0.3) is 0 Å². The van der Waals surface area contributed by atoms with Crippen molar-refractivity contribution in [2.45, 2.75) is 25.4 Å². The van der Waals surface area contributed by atoms with E-state index in [-0.39, 0.29) is 0 Å². The molecule has 7 heteroatoms. The molecule has 0 saturated carbocycles. The Morgan fingerprint density at radius 2 is 1.53 bits per heavy atom. The molecule has 0 amide bonds. The first-order chi connectivity index (χ1) is 7.55. The maximum absolute atomic E-state index is 12.6. The van der Waals surface area contributed by atoms with Crippen LogP contribution < -0.4 is 0 Å². The summed E-state index contributed by atoms with van der Waals surface area (Å²) in [6, 6.07) is 2.00. The molecule has 0 heterocycles. The number of hydrogen-bond donors (Lipinski definition) is 1. The fourth-order valence-electron chi connectivity index (χ4n) is 1.47. The van der Waals surface area contributed by atoms with Crippen LogP contribution in [0.1, 0.15) is 29.7 Å². The molecule has 1 nitrogen and oxygen atoms in total. The minimum atomic E-state index is -5.17. The summed E-state index contributed by atoms with van der Waals surface area (Å²) in [6.07, 6.45) is -11.9. The Morgan fingerprint density at radius 1 is 1.00 bits per heavy atom. The maximum atomic E-state index is 12.6. The molecule has 96 valence electrons. The van der Waals surface area contributed by atoms with E-state index < -0.39 is 35.1 Å². The van der Waals surface area contributed by atoms with Gasteiger partial charge in [0, 0.05) is 0 Å². The van der Waals surface area contributed by atoms with E-state index in [1.165, 1.54) is 0 Å². The van der Waals surface area contributed by atoms with Crippen molar-refractivity contribution in [3.8, 4) is 0 Å². The number of alkyl halides is 6. The summed E-state index contributed by atoms with van der Waals surface area (Å²) in [5, 5.41) is 9.09. The van der Waals surface area contributed by atoms with E-state index in [9.17, 15) is 26.3 Å². The molecule has 1 aromatic rings. The molecule has 1 atom stereocenters. The zero-order valence-electron chi connectivity index (χ0n) is 8.52. The lowest BCUT2D eigenvalue weighted by atomic mass is 9.97. The van der Waals surface area contributed by atoms with Gasteiger partial charge in [-0.25, -0.2) is 0 Å². The third-order valence-corrected chi connectivity index (χ3v) is 2.14. The van der Waals surface area contributed by atoms with Crippen molar-refractivity contribution in [3.05, 3.63) is 34.9 Å². The number of rotatable bonds is 1. The quantitative estimate of drug-likeness (QED) is 0.760. The molecule has 0 fully saturated rings. The van der Waals surface area contributed by atoms with Crippen molar-refractivity contribution in [3.63, 3.8) is 0 Å². The molecule has 0 aliphatic rings. The van der Waals surface area contributed by atoms with Crippen LogP contribution in [0.4, 0.5) is 26.3 Å². The Balaban J connectivity index is 3.58. The monoisotopic (exact) mass is 258 g/mol. The molecular formula is C10H8F6O. The minimum absolute atomic E-state index is 0.342. The topological polar surface area (TPSA) is 20.2 Å². The van der Waals surface area contributed by atoms with Crippen molar-refractivity contribution in [1.29, 1.82) is 0 Å². The average Bonchev–Trinajstić information content (AvgIpc) is 2.13. The highest BCUT2D eigenvalue weighted by Gasteiger charge is 2.45. The number of aliphatic hydroxyl groups is 1. The second-order valence-corrected chi connectivity index (χ2v) is 3.44. The largest absolute Gasteiger partial charge is 0.417 e. The molecule has 0 aliphatic carbocycles. The Kier molecular flexibility index (Phi) is 3.42. The highest BCUT2D eigenvalue weighted by molar-refractivity contribution is 5.40. The van der Waals surface area contributed by atoms with E-state index in [1.54, 1.807) is 0 Å². The first kappa shape index (κ1) is 13.8. The number of hydrogen-bond acceptors (Lipinski definition) is 1. The lowest BCUT2D eigenvalue weighted by Crippen LogP contribution is -2.19. The smallest absolute Gasteiger partial charge is 0.389 e. The van der Waals surface area contributed by atoms with Gasteiger partial charge in [-0.2, -0.15) is 26.3 Å². The lowest BCUT2D eigenvalue weighted by molar-refractivity contribution is -0.163. The van der Waals surface area contributed by atoms with Gasteiger partial charge >= 0.3 is 12.4 Å². The van der Waals surface area contributed by atoms with Gasteiger partial charge in [-0.1, -0.05) is 12.1 Å². The molecule has 0 spiro atoms. The normalized spacial score (nSPS) is 14.8. The molecule has 0 aromatic heterocycles. The fraction of sp³-hybridized carbons (Fsp3) is 0.400. The predicted octanol–water partition coefficient (Wildman–Crippen LogP) is 3.78. The Bertz CT molecular complexity index is 404. The van der Waals surface area contributed by atoms with Crippen molar-refractivity contribution >= 4 is 0 Å². The third kappa shape index (κ3) is 2.91. The van der Waals surface area contributed by atoms with Crippen LogP contribution in [-0.2, 0) is 12.4 Å². The van der Waals surface area contributed by atoms with Crippen molar-refractivity contribution in [1.82, 2.24) is 0 Å². The number of benzene rings is 1. The van der Waals surface area contributed by atoms with Gasteiger partial charge in [0.25, 0.3) is 0 Å². The first-order valence-corrected chi connectivity index (χ1v) is 4.50. The van der Waals surface area contributed by atoms with Crippen LogP contribution in [0.5, 0.6) is 0 Å². The van der Waals surface area contributed by atoms with Gasteiger partial charge in [-0.15, -0.1) is 0 Å². The molecule has 0 bridgehead atoms. The summed E-state index contributed by atoms with van der Waals surface area (Å²) in [7, 11) is 0. The molecular weight excluding hydrogens is 250 g/mol. The summed E-state index contributed by atoms with van der Waals surface area (Å²) in [4.78, 5) is 0. The highest BCUT2D eigenvalue weighted by Crippen LogP contribution is 2.43. The maximum Gasteiger partial charge on any atom is 0.417 e. The molecule has 0 unspecified atom stereocenters. The molecule has 1 rings (SSSR count). The van der Waals surface area contributed by atoms with Gasteiger partial charge in [0.05, 0.1) is 17.2 Å². The van der Waals surface area contributed by atoms with Crippen LogP contribution in [0.2, 0.25) is 0 Å². The second-order valence-electron chi connectivity index (χ2n) is 3.44. The SMILES string of the molecule is C[C@@H](O)c1cccc(C(F)(F)F)c1C(F)(F)F. The van der Waals surface area contributed by atoms with Crippen LogP contribution >= 0.6 is 0 Å². The lowest BCUT2D eigenvalue weighted by Gasteiger charge is -2.20. The van der Waals surface area contributed by atoms with Gasteiger partial charge in [0.1, 0.15) is 0 Å². The van der Waals surface area contributed by atoms with Gasteiger partial charge in [-0.05, 0) is 18.6 Å². The zero-order chi connectivity index (χ0) is 13.4. The summed E-state index contributed by atoms with van der Waals surface area (Å²) in [6.45, 7) is 0.977. The van der Waals surface area contributed by atoms with Crippen molar-refractivity contribution < 1.29 is 31.4 Å². The van der Waals surface area contributed by atoms with Crippen molar-refractivity contribution in [2.24, 2.45) is 0 Å². The zero-order valence-corrected chi connectivity index (χ0v) is 8.52. The average molecular weight is 258 g/mol. The van der Waals surface area contributed by atoms with E-state index in [0.29, 0.717) is 6.07 Å². The molecule has 17 heavy (non-hydrogen) atoms. The number of halogens is 6. The minimum Gasteiger partial charge on any atom is -0.389 e. The molecule has 1 aromatic carbocycles. The molecule has 1 N–H and O–H groups in total. The van der Waals surface area contributed by atoms with E-state index >= 15 is 0 Å². The Morgan fingerprint density at radius 3 is 1.88 bits per heavy atom. The molecule has 0 radical (unpaired) electrons. The van der Waals surface area contributed by atoms with Gasteiger partial charge < -0.3 is 5.11 Å². The Hall–Kier alpha value is -1.24. The van der Waals surface area contributed by atoms with Crippen LogP contribution in [-0.4, -0.2) is 5.11 Å². The summed E-state index contributed by atoms with van der Waals surface area (Å²) in [5.74, 6) is 0. The van der Waals surface area contributed by atoms with Crippen molar-refractivity contribution in [2.75, 3.05) is 0 Å². The fourth-order valence-corrected chi connectivity index (χ4v) is 1.47. The van der Waals surface area contributed by atoms with Gasteiger partial charge in [0.2, 0.25) is 0 Å². The van der Waals surface area contributed by atoms with E-state index in [4.69, 9.17) is 5.11 Å². The van der Waals surface area contributed by atoms with Gasteiger partial charge in [-0.3, -0.25) is 0 Å². The Labute approximate surface area is 92.7 Å². The van der Waals surface area contributed by atoms with Crippen LogP contribution in [0.15, 0.2) is 18.2 Å². The summed E-state index contributed by atoms with van der Waals surface area (Å²) >= 11 is 0. The highest BCUT2D eigenvalue weighted by atomic mass is 19.4. The third-order valence-electron chi connectivity index (χ3n) is 2.14. The standard InChI is InChI=1S/C10H8F6O/c1-5(17)6-3-2-4-7(9(11,12)13)8(6)10(14,15)16/h2-5,17H,1H3/t5-/m1/s1. The summed E-state index contributed by atoms with van der Waals surface area (Å²) in [5.41, 5.74) is -4.40. The van der Waals surface area contributed by atoms with E-state index in [0.717, 1.165) is 19.1 Å². The molecule has 0 saturated heterocycles. The van der Waals surface area contributed by atoms with E-state index in [1.807, 2.05) is 0 Å². The summed E-state index contributed by atoms with van der Waals surface area (Å²) < 4.78 is 75.1.